The number of nitrogens with two attached hydrogens (primary N) is 1. The molecule has 0 aromatic carbocycles. The van der Waals surface area contributed by atoms with Crippen LogP contribution in [0, 0.1) is 23.2 Å². The maximum absolute atomic E-state index is 13.2. The van der Waals surface area contributed by atoms with E-state index in [1.54, 1.807) is 6.92 Å². The van der Waals surface area contributed by atoms with Crippen LogP contribution in [0.1, 0.15) is 258 Å². The highest BCUT2D eigenvalue weighted by molar-refractivity contribution is 5.95. The zero-order valence-electron chi connectivity index (χ0n) is 60.7. The van der Waals surface area contributed by atoms with E-state index in [9.17, 15) is 72.9 Å². The fourth-order valence-electron chi connectivity index (χ4n) is 11.6. The zero-order chi connectivity index (χ0) is 74.2. The van der Waals surface area contributed by atoms with Crippen molar-refractivity contribution in [3.05, 3.63) is 18.2 Å². The summed E-state index contributed by atoms with van der Waals surface area (Å²) in [6, 6.07) is -3.27. The number of H-pyrrole nitrogens is 1. The number of nitrogens with zero attached hydrogens (tertiary/aromatic N) is 1. The monoisotopic (exact) mass is 1420 g/mol. The lowest BCUT2D eigenvalue weighted by molar-refractivity contribution is -0.144. The van der Waals surface area contributed by atoms with Crippen molar-refractivity contribution in [2.45, 2.75) is 277 Å². The van der Waals surface area contributed by atoms with Crippen molar-refractivity contribution in [2.75, 3.05) is 72.5 Å². The third kappa shape index (κ3) is 49.2. The van der Waals surface area contributed by atoms with Gasteiger partial charge >= 0.3 is 23.9 Å². The van der Waals surface area contributed by atoms with Crippen LogP contribution < -0.4 is 27.0 Å². The minimum Gasteiger partial charge on any atom is -0.481 e. The minimum absolute atomic E-state index is 0.0190. The molecule has 1 saturated carbocycles. The lowest BCUT2D eigenvalue weighted by Gasteiger charge is -2.28. The molecule has 1 aromatic heterocycles. The number of carboxylic acids is 4. The predicted octanol–water partition coefficient (Wildman–Crippen LogP) is 8.77. The van der Waals surface area contributed by atoms with E-state index in [2.05, 4.69) is 31.2 Å². The summed E-state index contributed by atoms with van der Waals surface area (Å²) in [6.45, 7) is 8.10. The summed E-state index contributed by atoms with van der Waals surface area (Å²) in [6.07, 6.45) is 31.1. The molecule has 11 N–H and O–H groups in total. The lowest BCUT2D eigenvalue weighted by Crippen LogP contribution is -2.51. The quantitative estimate of drug-likeness (QED) is 0.0272. The van der Waals surface area contributed by atoms with Gasteiger partial charge in [-0.25, -0.2) is 4.98 Å². The van der Waals surface area contributed by atoms with Gasteiger partial charge in [0.1, 0.15) is 30.8 Å². The molecule has 1 heterocycles. The second-order valence-corrected chi connectivity index (χ2v) is 27.1. The molecule has 1 aromatic rings. The Morgan fingerprint density at radius 2 is 1.08 bits per heavy atom. The van der Waals surface area contributed by atoms with Crippen LogP contribution in [0.25, 0.3) is 0 Å². The molecule has 572 valence electrons. The molecule has 27 nitrogen and oxygen atoms in total. The molecule has 27 heteroatoms. The molecule has 0 spiro atoms. The van der Waals surface area contributed by atoms with Gasteiger partial charge in [-0.05, 0) is 76.5 Å². The van der Waals surface area contributed by atoms with Crippen LogP contribution in [0.5, 0.6) is 0 Å². The Morgan fingerprint density at radius 3 is 1.59 bits per heavy atom. The number of nitrogens with one attached hydrogen (secondary N) is 5. The normalized spacial score (nSPS) is 14.9. The Labute approximate surface area is 593 Å². The van der Waals surface area contributed by atoms with Gasteiger partial charge in [0.05, 0.1) is 75.9 Å². The first-order chi connectivity index (χ1) is 47.9. The van der Waals surface area contributed by atoms with Crippen molar-refractivity contribution in [3.8, 4) is 0 Å². The first-order valence-electron chi connectivity index (χ1n) is 37.0. The van der Waals surface area contributed by atoms with Crippen LogP contribution in [0.3, 0.4) is 0 Å². The Bertz CT molecular complexity index is 2490. The largest absolute Gasteiger partial charge is 0.481 e. The summed E-state index contributed by atoms with van der Waals surface area (Å²) in [4.78, 5) is 151. The molecule has 1 fully saturated rings. The lowest BCUT2D eigenvalue weighted by atomic mass is 9.76. The predicted molar refractivity (Wildman–Crippen MR) is 376 cm³/mol. The minimum atomic E-state index is -1.29. The van der Waals surface area contributed by atoms with Gasteiger partial charge in [-0.2, -0.15) is 0 Å². The van der Waals surface area contributed by atoms with Crippen molar-refractivity contribution in [1.29, 1.82) is 0 Å². The van der Waals surface area contributed by atoms with Crippen LogP contribution in [-0.4, -0.2) is 192 Å². The molecule has 4 atom stereocenters. The molecule has 0 aliphatic heterocycles. The van der Waals surface area contributed by atoms with Gasteiger partial charge < -0.3 is 66.0 Å². The molecule has 2 rings (SSSR count). The Morgan fingerprint density at radius 1 is 0.570 bits per heavy atom. The average Bonchev–Trinajstić information content (AvgIpc) is 0.950. The van der Waals surface area contributed by atoms with Gasteiger partial charge in [0.15, 0.2) is 17.3 Å². The second kappa shape index (κ2) is 58.2. The summed E-state index contributed by atoms with van der Waals surface area (Å²) in [5, 5.41) is 47.3. The van der Waals surface area contributed by atoms with Gasteiger partial charge in [0.25, 0.3) is 0 Å². The van der Waals surface area contributed by atoms with Crippen LogP contribution in [0.2, 0.25) is 0 Å². The number of hydrogen-bond donors (Lipinski definition) is 10. The molecule has 0 radical (unpaired) electrons. The number of amides is 3. The zero-order valence-corrected chi connectivity index (χ0v) is 60.7. The van der Waals surface area contributed by atoms with Gasteiger partial charge in [-0.1, -0.05) is 130 Å². The van der Waals surface area contributed by atoms with E-state index in [0.717, 1.165) is 57.8 Å². The molecule has 100 heavy (non-hydrogen) atoms. The highest BCUT2D eigenvalue weighted by Gasteiger charge is 2.36. The molecule has 0 unspecified atom stereocenters. The molecule has 0 bridgehead atoms. The van der Waals surface area contributed by atoms with Gasteiger partial charge in [0, 0.05) is 88.7 Å². The standard InChI is InChI=1S/C39H65N7O14.C34H60O6/c1-4-34(50)42-12-14-57-17-19-60-25-35(51)43-13-15-58-16-18-59-24-28(47)8-6-5-7-9-31(37(54)55)44-23-33(49)30(10-11-36(52)53)46-38(56)39(2,3)21-32(48)29(40)20-27-22-41-26-45-27;1-2-29(34(39)40)27-32(36)30-24-21-28(22-25-30)23-26-31(35)19-17-15-13-11-9-7-5-3-4-6-8-10-12-14-16-18-20-33(37)38/h22,26,29-31,44H,4-21,23-25,40H2,1-3H3,(H,41,45)(H,42,50)(H,43,51)(H,46,56)(H,52,53)(H,54,55);28-30H,2-27H2,1H3,(H,37,38)(H,39,40)/t29-,30-,31-;28?,29-,30?/m01/s1. The van der Waals surface area contributed by atoms with Gasteiger partial charge in [0.2, 0.25) is 17.7 Å². The third-order valence-corrected chi connectivity index (χ3v) is 18.0. The highest BCUT2D eigenvalue weighted by Crippen LogP contribution is 2.34. The van der Waals surface area contributed by atoms with E-state index in [1.807, 2.05) is 6.92 Å². The van der Waals surface area contributed by atoms with E-state index >= 15 is 0 Å². The smallest absolute Gasteiger partial charge is 0.320 e. The number of carbonyl (C=O) groups excluding carboxylic acids is 8. The number of aromatic nitrogens is 2. The average molecular weight is 1420 g/mol. The first kappa shape index (κ1) is 91.6. The SMILES string of the molecule is CCC(=O)NCCOCCOCC(=O)NCCOCCOCC(=O)CCCCC[C@H](NCC(=O)[C@H](CCC(=O)O)NC(=O)C(C)(C)CC(=O)[C@@H](N)Cc1cnc[nH]1)C(=O)O.CC[C@H](CC(=O)C1CCC(CCC(=O)CCCCCCCCCCCCCCCCCCC(=O)O)CC1)C(=O)O. The number of carboxylic acid groups (broad SMARTS) is 4. The fraction of sp³-hybridized carbons (Fsp3) is 0.795. The molecule has 1 aliphatic carbocycles. The molecular formula is C73H125N7O20. The highest BCUT2D eigenvalue weighted by atomic mass is 16.5. The number of ketones is 5. The molecule has 3 amide bonds. The van der Waals surface area contributed by atoms with Crippen molar-refractivity contribution < 1.29 is 96.9 Å². The van der Waals surface area contributed by atoms with E-state index in [4.69, 9.17) is 29.8 Å². The molecule has 1 aliphatic rings. The van der Waals surface area contributed by atoms with E-state index in [-0.39, 0.29) is 114 Å². The van der Waals surface area contributed by atoms with E-state index in [1.165, 1.54) is 103 Å². The number of rotatable bonds is 65. The fourth-order valence-corrected chi connectivity index (χ4v) is 11.6. The van der Waals surface area contributed by atoms with Crippen molar-refractivity contribution in [3.63, 3.8) is 0 Å². The maximum atomic E-state index is 13.2. The van der Waals surface area contributed by atoms with Gasteiger partial charge in [-0.15, -0.1) is 0 Å². The summed E-state index contributed by atoms with van der Waals surface area (Å²) in [5.41, 5.74) is 5.38. The van der Waals surface area contributed by atoms with Crippen LogP contribution in [0.15, 0.2) is 12.5 Å². The Hall–Kier alpha value is -6.39. The number of imidazole rings is 1. The number of aliphatic carboxylic acids is 4. The van der Waals surface area contributed by atoms with Crippen molar-refractivity contribution in [2.24, 2.45) is 28.9 Å². The van der Waals surface area contributed by atoms with Crippen LogP contribution in [0.4, 0.5) is 0 Å². The van der Waals surface area contributed by atoms with Crippen LogP contribution in [-0.2, 0) is 82.9 Å². The summed E-state index contributed by atoms with van der Waals surface area (Å²) < 4.78 is 21.2. The van der Waals surface area contributed by atoms with E-state index in [0.29, 0.717) is 88.5 Å². The van der Waals surface area contributed by atoms with Crippen molar-refractivity contribution >= 4 is 70.5 Å². The number of unbranched alkanes of at least 4 members (excludes halogenated alkanes) is 17. The van der Waals surface area contributed by atoms with E-state index < -0.39 is 83.8 Å². The number of ether oxygens (including phenoxy) is 4. The number of aromatic amines is 1. The van der Waals surface area contributed by atoms with Crippen molar-refractivity contribution in [1.82, 2.24) is 31.2 Å². The topological polar surface area (TPSA) is 426 Å². The number of Topliss-reactive ketones (excluding diaryl/α,β-unsaturated/α-hetero) is 5. The summed E-state index contributed by atoms with van der Waals surface area (Å²) >= 11 is 0. The first-order valence-corrected chi connectivity index (χ1v) is 37.0. The molecular weight excluding hydrogens is 1290 g/mol. The Kier molecular flexibility index (Phi) is 53.3. The summed E-state index contributed by atoms with van der Waals surface area (Å²) in [5.74, 6) is -5.58. The maximum Gasteiger partial charge on any atom is 0.320 e. The third-order valence-electron chi connectivity index (χ3n) is 18.0. The summed E-state index contributed by atoms with van der Waals surface area (Å²) in [7, 11) is 0. The second-order valence-electron chi connectivity index (χ2n) is 27.1. The number of hydrogen-bond acceptors (Lipinski definition) is 19. The Balaban J connectivity index is 0.00000108. The molecule has 0 saturated heterocycles. The number of carbonyl (C=O) groups is 12. The van der Waals surface area contributed by atoms with Gasteiger partial charge in [-0.3, -0.25) is 62.9 Å². The van der Waals surface area contributed by atoms with Crippen LogP contribution >= 0.6 is 0 Å².